The molecule has 0 saturated heterocycles. The van der Waals surface area contributed by atoms with E-state index in [0.29, 0.717) is 25.7 Å². The van der Waals surface area contributed by atoms with E-state index in [2.05, 4.69) is 34.9 Å². The molecule has 0 spiro atoms. The van der Waals surface area contributed by atoms with Gasteiger partial charge in [-0.2, -0.15) is 0 Å². The number of carbonyl (C=O) groups is 3. The second-order valence-corrected chi connectivity index (χ2v) is 10.2. The minimum Gasteiger partial charge on any atom is -0.481 e. The summed E-state index contributed by atoms with van der Waals surface area (Å²) in [5, 5.41) is 15.5. The van der Waals surface area contributed by atoms with Crippen molar-refractivity contribution in [2.24, 2.45) is 5.41 Å². The lowest BCUT2D eigenvalue weighted by Crippen LogP contribution is -2.64. The van der Waals surface area contributed by atoms with E-state index in [1.807, 2.05) is 24.3 Å². The van der Waals surface area contributed by atoms with Crippen LogP contribution in [0.15, 0.2) is 48.5 Å². The van der Waals surface area contributed by atoms with E-state index in [-0.39, 0.29) is 25.0 Å². The third-order valence-corrected chi connectivity index (χ3v) is 8.18. The van der Waals surface area contributed by atoms with Crippen molar-refractivity contribution in [1.82, 2.24) is 10.6 Å². The summed E-state index contributed by atoms with van der Waals surface area (Å²) in [4.78, 5) is 37.9. The first-order chi connectivity index (χ1) is 16.9. The number of carboxylic acids is 1. The lowest BCUT2D eigenvalue weighted by atomic mass is 9.73. The highest BCUT2D eigenvalue weighted by Crippen LogP contribution is 2.44. The molecule has 0 heterocycles. The van der Waals surface area contributed by atoms with Gasteiger partial charge < -0.3 is 20.5 Å². The van der Waals surface area contributed by atoms with Gasteiger partial charge in [0.1, 0.15) is 12.1 Å². The molecule has 0 atom stereocenters. The van der Waals surface area contributed by atoms with E-state index in [4.69, 9.17) is 4.74 Å². The Morgan fingerprint density at radius 1 is 0.857 bits per heavy atom. The van der Waals surface area contributed by atoms with Gasteiger partial charge in [-0.05, 0) is 54.4 Å². The largest absolute Gasteiger partial charge is 0.481 e. The zero-order chi connectivity index (χ0) is 24.5. The number of ether oxygens (including phenoxy) is 1. The van der Waals surface area contributed by atoms with Gasteiger partial charge >= 0.3 is 12.1 Å². The Hall–Kier alpha value is -3.35. The summed E-state index contributed by atoms with van der Waals surface area (Å²) in [7, 11) is 0. The zero-order valence-corrected chi connectivity index (χ0v) is 19.8. The van der Waals surface area contributed by atoms with Crippen LogP contribution in [0, 0.1) is 5.41 Å². The van der Waals surface area contributed by atoms with Crippen LogP contribution in [0.2, 0.25) is 0 Å². The number of hydrogen-bond donors (Lipinski definition) is 3. The molecule has 3 N–H and O–H groups in total. The van der Waals surface area contributed by atoms with Crippen LogP contribution in [0.3, 0.4) is 0 Å². The lowest BCUT2D eigenvalue weighted by molar-refractivity contribution is -0.151. The van der Waals surface area contributed by atoms with Crippen LogP contribution in [-0.2, 0) is 14.3 Å². The standard InChI is InChI=1S/C28H32N2O5/c31-24(29-18-27(25(32)33)13-6-1-7-14-27)28(15-8-16-28)30-26(34)35-17-23-21-11-4-2-9-19(21)20-10-3-5-12-22(20)23/h2-5,9-12,23H,1,6-8,13-18H2,(H,29,31)(H,30,34)(H,32,33). The number of carbonyl (C=O) groups excluding carboxylic acids is 2. The van der Waals surface area contributed by atoms with Gasteiger partial charge in [-0.1, -0.05) is 67.8 Å². The molecule has 2 amide bonds. The molecule has 0 bridgehead atoms. The molecule has 35 heavy (non-hydrogen) atoms. The highest BCUT2D eigenvalue weighted by atomic mass is 16.5. The van der Waals surface area contributed by atoms with Crippen molar-refractivity contribution in [2.75, 3.05) is 13.2 Å². The Bertz CT molecular complexity index is 1090. The molecular formula is C28H32N2O5. The molecule has 5 rings (SSSR count). The predicted octanol–water partition coefficient (Wildman–Crippen LogP) is 4.60. The fourth-order valence-corrected chi connectivity index (χ4v) is 5.88. The smallest absolute Gasteiger partial charge is 0.408 e. The molecule has 0 aromatic heterocycles. The van der Waals surface area contributed by atoms with Gasteiger partial charge in [-0.25, -0.2) is 4.79 Å². The number of rotatable bonds is 7. The van der Waals surface area contributed by atoms with Crippen molar-refractivity contribution in [1.29, 1.82) is 0 Å². The van der Waals surface area contributed by atoms with Crippen LogP contribution in [0.25, 0.3) is 11.1 Å². The van der Waals surface area contributed by atoms with Crippen molar-refractivity contribution < 1.29 is 24.2 Å². The third-order valence-electron chi connectivity index (χ3n) is 8.18. The molecule has 7 nitrogen and oxygen atoms in total. The van der Waals surface area contributed by atoms with Gasteiger partial charge in [0.15, 0.2) is 0 Å². The highest BCUT2D eigenvalue weighted by molar-refractivity contribution is 5.91. The Morgan fingerprint density at radius 3 is 2.00 bits per heavy atom. The van der Waals surface area contributed by atoms with E-state index in [1.165, 1.54) is 0 Å². The monoisotopic (exact) mass is 476 g/mol. The number of carboxylic acid groups (broad SMARTS) is 1. The van der Waals surface area contributed by atoms with Crippen molar-refractivity contribution in [3.63, 3.8) is 0 Å². The number of alkyl carbamates (subject to hydrolysis) is 1. The maximum atomic E-state index is 13.1. The first-order valence-corrected chi connectivity index (χ1v) is 12.6. The van der Waals surface area contributed by atoms with Crippen LogP contribution in [0.5, 0.6) is 0 Å². The SMILES string of the molecule is O=C(NC1(C(=O)NCC2(C(=O)O)CCCCC2)CCC1)OCC1c2ccccc2-c2ccccc21. The molecule has 3 aliphatic rings. The molecule has 2 aromatic carbocycles. The maximum Gasteiger partial charge on any atom is 0.408 e. The molecule has 2 aromatic rings. The summed E-state index contributed by atoms with van der Waals surface area (Å²) in [6.45, 7) is 0.273. The number of nitrogens with one attached hydrogen (secondary N) is 2. The molecule has 184 valence electrons. The summed E-state index contributed by atoms with van der Waals surface area (Å²) >= 11 is 0. The van der Waals surface area contributed by atoms with Crippen molar-refractivity contribution in [2.45, 2.75) is 62.8 Å². The second kappa shape index (κ2) is 9.36. The van der Waals surface area contributed by atoms with Gasteiger partial charge in [0.25, 0.3) is 0 Å². The van der Waals surface area contributed by atoms with Crippen molar-refractivity contribution in [3.05, 3.63) is 59.7 Å². The summed E-state index contributed by atoms with van der Waals surface area (Å²) in [6.07, 6.45) is 5.10. The van der Waals surface area contributed by atoms with Crippen LogP contribution in [-0.4, -0.2) is 41.8 Å². The topological polar surface area (TPSA) is 105 Å². The molecule has 7 heteroatoms. The molecule has 3 aliphatic carbocycles. The fraction of sp³-hybridized carbons (Fsp3) is 0.464. The zero-order valence-electron chi connectivity index (χ0n) is 19.8. The van der Waals surface area contributed by atoms with Gasteiger partial charge in [-0.15, -0.1) is 0 Å². The molecule has 0 radical (unpaired) electrons. The van der Waals surface area contributed by atoms with Crippen LogP contribution in [0.4, 0.5) is 4.79 Å². The Balaban J connectivity index is 1.21. The summed E-state index contributed by atoms with van der Waals surface area (Å²) < 4.78 is 5.65. The van der Waals surface area contributed by atoms with Gasteiger partial charge in [-0.3, -0.25) is 9.59 Å². The fourth-order valence-electron chi connectivity index (χ4n) is 5.88. The van der Waals surface area contributed by atoms with E-state index in [0.717, 1.165) is 47.9 Å². The first kappa shape index (κ1) is 23.4. The van der Waals surface area contributed by atoms with Gasteiger partial charge in [0.05, 0.1) is 5.41 Å². The molecule has 2 fully saturated rings. The number of aliphatic carboxylic acids is 1. The molecule has 2 saturated carbocycles. The summed E-state index contributed by atoms with van der Waals surface area (Å²) in [5.41, 5.74) is 2.62. The summed E-state index contributed by atoms with van der Waals surface area (Å²) in [5.74, 6) is -1.23. The average Bonchev–Trinajstić information content (AvgIpc) is 3.17. The van der Waals surface area contributed by atoms with Gasteiger partial charge in [0, 0.05) is 12.5 Å². The summed E-state index contributed by atoms with van der Waals surface area (Å²) in [6, 6.07) is 16.3. The first-order valence-electron chi connectivity index (χ1n) is 12.6. The normalized spacial score (nSPS) is 19.5. The van der Waals surface area contributed by atoms with Crippen LogP contribution < -0.4 is 10.6 Å². The number of hydrogen-bond acceptors (Lipinski definition) is 4. The maximum absolute atomic E-state index is 13.1. The van der Waals surface area contributed by atoms with Crippen molar-refractivity contribution in [3.8, 4) is 11.1 Å². The third kappa shape index (κ3) is 4.28. The van der Waals surface area contributed by atoms with E-state index in [9.17, 15) is 19.5 Å². The average molecular weight is 477 g/mol. The molecular weight excluding hydrogens is 444 g/mol. The Kier molecular flexibility index (Phi) is 6.26. The Labute approximate surface area is 205 Å². The second-order valence-electron chi connectivity index (χ2n) is 10.2. The van der Waals surface area contributed by atoms with Crippen molar-refractivity contribution >= 4 is 18.0 Å². The molecule has 0 unspecified atom stereocenters. The minimum atomic E-state index is -1.03. The molecule has 0 aliphatic heterocycles. The van der Waals surface area contributed by atoms with Gasteiger partial charge in [0.2, 0.25) is 5.91 Å². The minimum absolute atomic E-state index is 0.0546. The van der Waals surface area contributed by atoms with Crippen LogP contribution in [0.1, 0.15) is 68.4 Å². The Morgan fingerprint density at radius 2 is 1.46 bits per heavy atom. The predicted molar refractivity (Wildman–Crippen MR) is 131 cm³/mol. The van der Waals surface area contributed by atoms with E-state index >= 15 is 0 Å². The number of amides is 2. The van der Waals surface area contributed by atoms with E-state index < -0.39 is 23.0 Å². The van der Waals surface area contributed by atoms with Crippen LogP contribution >= 0.6 is 0 Å². The van der Waals surface area contributed by atoms with E-state index in [1.54, 1.807) is 0 Å². The highest BCUT2D eigenvalue weighted by Gasteiger charge is 2.48. The number of benzene rings is 2. The number of fused-ring (bicyclic) bond motifs is 3. The lowest BCUT2D eigenvalue weighted by Gasteiger charge is -2.41. The quantitative estimate of drug-likeness (QED) is 0.542.